The van der Waals surface area contributed by atoms with Gasteiger partial charge in [0.05, 0.1) is 0 Å². The Morgan fingerprint density at radius 3 is 2.58 bits per heavy atom. The van der Waals surface area contributed by atoms with Crippen LogP contribution in [0.3, 0.4) is 0 Å². The Labute approximate surface area is 152 Å². The minimum absolute atomic E-state index is 0.287. The van der Waals surface area contributed by atoms with E-state index in [9.17, 15) is 5.26 Å². The van der Waals surface area contributed by atoms with Gasteiger partial charge in [0, 0.05) is 19.0 Å². The molecular weight excluding hydrogens is 322 g/mol. The van der Waals surface area contributed by atoms with Crippen molar-refractivity contribution in [2.45, 2.75) is 31.2 Å². The van der Waals surface area contributed by atoms with Crippen LogP contribution in [-0.2, 0) is 13.0 Å². The lowest BCUT2D eigenvalue weighted by atomic mass is 10.00. The van der Waals surface area contributed by atoms with Gasteiger partial charge >= 0.3 is 0 Å². The number of nitriles is 1. The molecule has 1 saturated carbocycles. The minimum Gasteiger partial charge on any atom is -0.423 e. The van der Waals surface area contributed by atoms with Crippen LogP contribution in [0.5, 0.6) is 0 Å². The first-order valence-corrected chi connectivity index (χ1v) is 9.11. The Kier molecular flexibility index (Phi) is 3.53. The molecule has 2 heterocycles. The Bertz CT molecular complexity index is 986. The molecule has 4 heteroatoms. The first-order chi connectivity index (χ1) is 12.8. The molecule has 1 aliphatic carbocycles. The van der Waals surface area contributed by atoms with Crippen molar-refractivity contribution in [3.63, 3.8) is 0 Å². The number of fused-ring (bicyclic) bond motifs is 1. The Morgan fingerprint density at radius 2 is 1.77 bits per heavy atom. The van der Waals surface area contributed by atoms with E-state index >= 15 is 0 Å². The van der Waals surface area contributed by atoms with Crippen molar-refractivity contribution in [2.75, 3.05) is 11.4 Å². The molecule has 4 nitrogen and oxygen atoms in total. The van der Waals surface area contributed by atoms with E-state index in [1.807, 2.05) is 6.07 Å². The number of oxazole rings is 1. The van der Waals surface area contributed by atoms with Crippen LogP contribution in [0.2, 0.25) is 0 Å². The standard InChI is InChI=1S/C22H19N3O/c23-13-20-22(25-11-10-15-6-4-5-9-17(15)14-25)26-21(24-20)19-12-18(19)16-7-2-1-3-8-16/h1-9,18-19H,10-12,14H2/t18-,19+/m0/s1. The fourth-order valence-corrected chi connectivity index (χ4v) is 3.98. The molecule has 0 spiro atoms. The molecule has 0 N–H and O–H groups in total. The molecule has 0 bridgehead atoms. The number of nitrogens with zero attached hydrogens (tertiary/aromatic N) is 3. The van der Waals surface area contributed by atoms with Crippen LogP contribution in [-0.4, -0.2) is 11.5 Å². The zero-order chi connectivity index (χ0) is 17.5. The lowest BCUT2D eigenvalue weighted by Crippen LogP contribution is -2.30. The third kappa shape index (κ3) is 2.57. The third-order valence-corrected chi connectivity index (χ3v) is 5.48. The van der Waals surface area contributed by atoms with Gasteiger partial charge in [-0.2, -0.15) is 5.26 Å². The van der Waals surface area contributed by atoms with Gasteiger partial charge in [-0.1, -0.05) is 54.6 Å². The fraction of sp³-hybridized carbons (Fsp3) is 0.273. The zero-order valence-corrected chi connectivity index (χ0v) is 14.4. The average Bonchev–Trinajstić information content (AvgIpc) is 3.39. The van der Waals surface area contributed by atoms with Crippen LogP contribution in [0.1, 0.15) is 46.5 Å². The van der Waals surface area contributed by atoms with E-state index in [0.717, 1.165) is 25.9 Å². The van der Waals surface area contributed by atoms with Gasteiger partial charge < -0.3 is 9.32 Å². The van der Waals surface area contributed by atoms with Gasteiger partial charge in [0.25, 0.3) is 0 Å². The van der Waals surface area contributed by atoms with E-state index in [2.05, 4.69) is 64.5 Å². The predicted molar refractivity (Wildman–Crippen MR) is 99.0 cm³/mol. The summed E-state index contributed by atoms with van der Waals surface area (Å²) in [5.74, 6) is 2.09. The lowest BCUT2D eigenvalue weighted by Gasteiger charge is -2.28. The third-order valence-electron chi connectivity index (χ3n) is 5.48. The van der Waals surface area contributed by atoms with Gasteiger partial charge in [-0.15, -0.1) is 0 Å². The molecule has 1 fully saturated rings. The second-order valence-electron chi connectivity index (χ2n) is 7.12. The molecule has 128 valence electrons. The quantitative estimate of drug-likeness (QED) is 0.709. The van der Waals surface area contributed by atoms with E-state index in [4.69, 9.17) is 4.42 Å². The number of anilines is 1. The SMILES string of the molecule is N#Cc1nc([C@@H]2C[C@H]2c2ccccc2)oc1N1CCc2ccccc2C1. The molecule has 0 unspecified atom stereocenters. The van der Waals surface area contributed by atoms with Crippen molar-refractivity contribution < 1.29 is 4.42 Å². The van der Waals surface area contributed by atoms with Gasteiger partial charge in [-0.25, -0.2) is 4.98 Å². The van der Waals surface area contributed by atoms with Crippen molar-refractivity contribution in [3.8, 4) is 6.07 Å². The highest BCUT2D eigenvalue weighted by Gasteiger charge is 2.44. The van der Waals surface area contributed by atoms with E-state index in [0.29, 0.717) is 23.4 Å². The van der Waals surface area contributed by atoms with E-state index in [-0.39, 0.29) is 5.92 Å². The molecule has 26 heavy (non-hydrogen) atoms. The second-order valence-corrected chi connectivity index (χ2v) is 7.12. The summed E-state index contributed by atoms with van der Waals surface area (Å²) in [6.07, 6.45) is 2.00. The summed E-state index contributed by atoms with van der Waals surface area (Å²) in [7, 11) is 0. The Hall–Kier alpha value is -3.06. The predicted octanol–water partition coefficient (Wildman–Crippen LogP) is 4.38. The smallest absolute Gasteiger partial charge is 0.235 e. The summed E-state index contributed by atoms with van der Waals surface area (Å²) in [6, 6.07) is 21.2. The molecule has 0 amide bonds. The maximum Gasteiger partial charge on any atom is 0.235 e. The van der Waals surface area contributed by atoms with Crippen molar-refractivity contribution in [3.05, 3.63) is 82.9 Å². The minimum atomic E-state index is 0.287. The van der Waals surface area contributed by atoms with Crippen LogP contribution in [0.25, 0.3) is 0 Å². The van der Waals surface area contributed by atoms with Gasteiger partial charge in [0.1, 0.15) is 6.07 Å². The molecule has 1 aromatic heterocycles. The van der Waals surface area contributed by atoms with Crippen LogP contribution in [0, 0.1) is 11.3 Å². The van der Waals surface area contributed by atoms with E-state index < -0.39 is 0 Å². The van der Waals surface area contributed by atoms with Crippen molar-refractivity contribution in [2.24, 2.45) is 0 Å². The van der Waals surface area contributed by atoms with Crippen LogP contribution < -0.4 is 4.90 Å². The van der Waals surface area contributed by atoms with Crippen LogP contribution >= 0.6 is 0 Å². The summed E-state index contributed by atoms with van der Waals surface area (Å²) in [5.41, 5.74) is 4.42. The summed E-state index contributed by atoms with van der Waals surface area (Å²) in [6.45, 7) is 1.62. The normalized spacial score (nSPS) is 21.1. The van der Waals surface area contributed by atoms with Crippen molar-refractivity contribution in [1.29, 1.82) is 5.26 Å². The maximum atomic E-state index is 9.54. The van der Waals surface area contributed by atoms with Crippen molar-refractivity contribution >= 4 is 5.88 Å². The van der Waals surface area contributed by atoms with E-state index in [1.165, 1.54) is 16.7 Å². The molecule has 2 atom stereocenters. The molecule has 3 aromatic rings. The fourth-order valence-electron chi connectivity index (χ4n) is 3.98. The number of hydrogen-bond acceptors (Lipinski definition) is 4. The zero-order valence-electron chi connectivity index (χ0n) is 14.4. The molecular formula is C22H19N3O. The molecule has 0 radical (unpaired) electrons. The number of rotatable bonds is 3. The van der Waals surface area contributed by atoms with Crippen molar-refractivity contribution in [1.82, 2.24) is 4.98 Å². The number of hydrogen-bond donors (Lipinski definition) is 0. The molecule has 0 saturated heterocycles. The highest BCUT2D eigenvalue weighted by Crippen LogP contribution is 2.54. The summed E-state index contributed by atoms with van der Waals surface area (Å²) in [5, 5.41) is 9.54. The number of benzene rings is 2. The second kappa shape index (κ2) is 6.03. The largest absolute Gasteiger partial charge is 0.423 e. The molecule has 2 aromatic carbocycles. The average molecular weight is 341 g/mol. The van der Waals surface area contributed by atoms with Crippen LogP contribution in [0.4, 0.5) is 5.88 Å². The van der Waals surface area contributed by atoms with E-state index in [1.54, 1.807) is 0 Å². The van der Waals surface area contributed by atoms with Gasteiger partial charge in [0.2, 0.25) is 17.5 Å². The Morgan fingerprint density at radius 1 is 1.00 bits per heavy atom. The molecule has 2 aliphatic rings. The molecule has 1 aliphatic heterocycles. The van der Waals surface area contributed by atoms with Gasteiger partial charge in [-0.05, 0) is 35.4 Å². The highest BCUT2D eigenvalue weighted by molar-refractivity contribution is 5.51. The summed E-state index contributed by atoms with van der Waals surface area (Å²) < 4.78 is 6.13. The van der Waals surface area contributed by atoms with Gasteiger partial charge in [0.15, 0.2) is 0 Å². The van der Waals surface area contributed by atoms with Gasteiger partial charge in [-0.3, -0.25) is 0 Å². The maximum absolute atomic E-state index is 9.54. The highest BCUT2D eigenvalue weighted by atomic mass is 16.4. The summed E-state index contributed by atoms with van der Waals surface area (Å²) in [4.78, 5) is 6.68. The Balaban J connectivity index is 1.41. The first-order valence-electron chi connectivity index (χ1n) is 9.11. The molecule has 5 rings (SSSR count). The van der Waals surface area contributed by atoms with Crippen LogP contribution in [0.15, 0.2) is 59.0 Å². The summed E-state index contributed by atoms with van der Waals surface area (Å²) >= 11 is 0. The lowest BCUT2D eigenvalue weighted by molar-refractivity contribution is 0.479. The topological polar surface area (TPSA) is 53.1 Å². The monoisotopic (exact) mass is 341 g/mol. The number of aromatic nitrogens is 1. The first kappa shape index (κ1) is 15.2.